The van der Waals surface area contributed by atoms with Crippen molar-refractivity contribution in [3.05, 3.63) is 0 Å². The molecule has 1 rings (SSSR count). The first-order valence-electron chi connectivity index (χ1n) is 6.35. The molecule has 0 aliphatic heterocycles. The highest BCUT2D eigenvalue weighted by atomic mass is 16.2. The molecule has 5 heteroatoms. The lowest BCUT2D eigenvalue weighted by molar-refractivity contribution is -0.120. The van der Waals surface area contributed by atoms with Crippen molar-refractivity contribution >= 4 is 11.9 Å². The Morgan fingerprint density at radius 3 is 2.53 bits per heavy atom. The third kappa shape index (κ3) is 6.26. The van der Waals surface area contributed by atoms with Gasteiger partial charge in [0.2, 0.25) is 5.91 Å². The summed E-state index contributed by atoms with van der Waals surface area (Å²) in [5.74, 6) is 0.473. The molecule has 1 saturated carbocycles. The van der Waals surface area contributed by atoms with Crippen molar-refractivity contribution in [1.82, 2.24) is 10.2 Å². The van der Waals surface area contributed by atoms with E-state index in [0.717, 1.165) is 12.5 Å². The van der Waals surface area contributed by atoms with Crippen LogP contribution in [0.3, 0.4) is 0 Å². The van der Waals surface area contributed by atoms with Crippen LogP contribution >= 0.6 is 0 Å². The molecule has 0 aromatic heterocycles. The summed E-state index contributed by atoms with van der Waals surface area (Å²) in [7, 11) is 2.02. The van der Waals surface area contributed by atoms with E-state index in [-0.39, 0.29) is 5.91 Å². The van der Waals surface area contributed by atoms with Crippen LogP contribution in [-0.2, 0) is 4.79 Å². The van der Waals surface area contributed by atoms with E-state index in [0.29, 0.717) is 13.0 Å². The van der Waals surface area contributed by atoms with Gasteiger partial charge >= 0.3 is 6.03 Å². The average molecular weight is 241 g/mol. The van der Waals surface area contributed by atoms with Crippen LogP contribution in [0.15, 0.2) is 0 Å². The van der Waals surface area contributed by atoms with E-state index < -0.39 is 6.03 Å². The highest BCUT2D eigenvalue weighted by Crippen LogP contribution is 2.23. The Labute approximate surface area is 103 Å². The van der Waals surface area contributed by atoms with Gasteiger partial charge in [0.25, 0.3) is 0 Å². The number of carbonyl (C=O) groups is 2. The summed E-state index contributed by atoms with van der Waals surface area (Å²) in [5, 5.41) is 2.08. The standard InChI is InChI=1S/C12H23N3O2/c1-15(8-7-11(16)14-12(13)17)9-10-5-3-2-4-6-10/h10H,2-9H2,1H3,(H3,13,14,16,17). The van der Waals surface area contributed by atoms with Gasteiger partial charge in [0.15, 0.2) is 0 Å². The second kappa shape index (κ2) is 7.27. The van der Waals surface area contributed by atoms with Crippen LogP contribution in [0, 0.1) is 5.92 Å². The molecule has 3 amide bonds. The smallest absolute Gasteiger partial charge is 0.318 e. The molecular weight excluding hydrogens is 218 g/mol. The molecule has 0 heterocycles. The van der Waals surface area contributed by atoms with Crippen molar-refractivity contribution in [3.63, 3.8) is 0 Å². The lowest BCUT2D eigenvalue weighted by Gasteiger charge is -2.26. The number of nitrogens with two attached hydrogens (primary N) is 1. The number of hydrogen-bond donors (Lipinski definition) is 2. The van der Waals surface area contributed by atoms with Crippen molar-refractivity contribution in [3.8, 4) is 0 Å². The van der Waals surface area contributed by atoms with Crippen LogP contribution in [0.5, 0.6) is 0 Å². The number of carbonyl (C=O) groups excluding carboxylic acids is 2. The zero-order chi connectivity index (χ0) is 12.7. The summed E-state index contributed by atoms with van der Waals surface area (Å²) in [4.78, 5) is 23.8. The molecule has 98 valence electrons. The first-order chi connectivity index (χ1) is 8.08. The number of nitrogens with one attached hydrogen (secondary N) is 1. The van der Waals surface area contributed by atoms with Crippen molar-refractivity contribution in [2.24, 2.45) is 11.7 Å². The van der Waals surface area contributed by atoms with Gasteiger partial charge in [-0.15, -0.1) is 0 Å². The minimum atomic E-state index is -0.773. The summed E-state index contributed by atoms with van der Waals surface area (Å²) in [6, 6.07) is -0.773. The fraction of sp³-hybridized carbons (Fsp3) is 0.833. The van der Waals surface area contributed by atoms with Crippen molar-refractivity contribution in [2.45, 2.75) is 38.5 Å². The quantitative estimate of drug-likeness (QED) is 0.756. The van der Waals surface area contributed by atoms with Gasteiger partial charge in [0.1, 0.15) is 0 Å². The first-order valence-corrected chi connectivity index (χ1v) is 6.35. The van der Waals surface area contributed by atoms with Crippen LogP contribution in [-0.4, -0.2) is 37.0 Å². The minimum absolute atomic E-state index is 0.298. The van der Waals surface area contributed by atoms with E-state index in [1.807, 2.05) is 7.05 Å². The van der Waals surface area contributed by atoms with E-state index in [1.165, 1.54) is 32.1 Å². The lowest BCUT2D eigenvalue weighted by atomic mass is 9.89. The second-order valence-electron chi connectivity index (χ2n) is 4.93. The fourth-order valence-electron chi connectivity index (χ4n) is 2.39. The molecule has 1 fully saturated rings. The topological polar surface area (TPSA) is 75.4 Å². The number of imide groups is 1. The SMILES string of the molecule is CN(CCC(=O)NC(N)=O)CC1CCCCC1. The summed E-state index contributed by atoms with van der Waals surface area (Å²) in [6.07, 6.45) is 6.96. The Morgan fingerprint density at radius 1 is 1.29 bits per heavy atom. The minimum Gasteiger partial charge on any atom is -0.351 e. The molecule has 0 atom stereocenters. The van der Waals surface area contributed by atoms with Crippen LogP contribution in [0.4, 0.5) is 4.79 Å². The normalized spacial score (nSPS) is 17.1. The summed E-state index contributed by atoms with van der Waals surface area (Å²) >= 11 is 0. The Morgan fingerprint density at radius 2 is 1.94 bits per heavy atom. The summed E-state index contributed by atoms with van der Waals surface area (Å²) in [6.45, 7) is 1.72. The predicted molar refractivity (Wildman–Crippen MR) is 66.4 cm³/mol. The molecule has 0 radical (unpaired) electrons. The van der Waals surface area contributed by atoms with E-state index in [2.05, 4.69) is 10.2 Å². The maximum atomic E-state index is 11.2. The number of rotatable bonds is 5. The van der Waals surface area contributed by atoms with Gasteiger partial charge in [-0.25, -0.2) is 4.79 Å². The molecule has 17 heavy (non-hydrogen) atoms. The maximum Gasteiger partial charge on any atom is 0.318 e. The molecule has 0 unspecified atom stereocenters. The van der Waals surface area contributed by atoms with Gasteiger partial charge in [-0.3, -0.25) is 10.1 Å². The number of primary amides is 1. The third-order valence-corrected chi connectivity index (χ3v) is 3.28. The zero-order valence-electron chi connectivity index (χ0n) is 10.6. The van der Waals surface area contributed by atoms with Crippen LogP contribution < -0.4 is 11.1 Å². The molecule has 0 saturated heterocycles. The third-order valence-electron chi connectivity index (χ3n) is 3.28. The molecule has 3 N–H and O–H groups in total. The average Bonchev–Trinajstić information content (AvgIpc) is 2.27. The highest BCUT2D eigenvalue weighted by Gasteiger charge is 2.15. The van der Waals surface area contributed by atoms with Gasteiger partial charge in [-0.2, -0.15) is 0 Å². The largest absolute Gasteiger partial charge is 0.351 e. The van der Waals surface area contributed by atoms with Crippen molar-refractivity contribution in [2.75, 3.05) is 20.1 Å². The maximum absolute atomic E-state index is 11.2. The molecule has 0 spiro atoms. The van der Waals surface area contributed by atoms with Gasteiger partial charge in [-0.1, -0.05) is 19.3 Å². The number of hydrogen-bond acceptors (Lipinski definition) is 3. The van der Waals surface area contributed by atoms with E-state index >= 15 is 0 Å². The second-order valence-corrected chi connectivity index (χ2v) is 4.93. The molecule has 0 bridgehead atoms. The molecule has 0 aromatic carbocycles. The zero-order valence-corrected chi connectivity index (χ0v) is 10.6. The monoisotopic (exact) mass is 241 g/mol. The summed E-state index contributed by atoms with van der Waals surface area (Å²) < 4.78 is 0. The molecular formula is C12H23N3O2. The van der Waals surface area contributed by atoms with Gasteiger partial charge in [0, 0.05) is 19.5 Å². The van der Waals surface area contributed by atoms with Crippen LogP contribution in [0.1, 0.15) is 38.5 Å². The van der Waals surface area contributed by atoms with Crippen LogP contribution in [0.25, 0.3) is 0 Å². The van der Waals surface area contributed by atoms with Gasteiger partial charge in [0.05, 0.1) is 0 Å². The number of nitrogens with zero attached hydrogens (tertiary/aromatic N) is 1. The van der Waals surface area contributed by atoms with Gasteiger partial charge < -0.3 is 10.6 Å². The fourth-order valence-corrected chi connectivity index (χ4v) is 2.39. The number of amides is 3. The van der Waals surface area contributed by atoms with Crippen LogP contribution in [0.2, 0.25) is 0 Å². The Hall–Kier alpha value is -1.10. The lowest BCUT2D eigenvalue weighted by Crippen LogP contribution is -2.37. The molecule has 1 aliphatic rings. The van der Waals surface area contributed by atoms with Gasteiger partial charge in [-0.05, 0) is 25.8 Å². The summed E-state index contributed by atoms with van der Waals surface area (Å²) in [5.41, 5.74) is 4.86. The Balaban J connectivity index is 2.13. The number of urea groups is 1. The van der Waals surface area contributed by atoms with Crippen molar-refractivity contribution in [1.29, 1.82) is 0 Å². The first kappa shape index (κ1) is 14.0. The van der Waals surface area contributed by atoms with E-state index in [1.54, 1.807) is 0 Å². The Kier molecular flexibility index (Phi) is 5.97. The molecule has 1 aliphatic carbocycles. The molecule has 0 aromatic rings. The van der Waals surface area contributed by atoms with E-state index in [4.69, 9.17) is 5.73 Å². The van der Waals surface area contributed by atoms with E-state index in [9.17, 15) is 9.59 Å². The van der Waals surface area contributed by atoms with Crippen molar-refractivity contribution < 1.29 is 9.59 Å². The Bertz CT molecular complexity index is 262. The molecule has 5 nitrogen and oxygen atoms in total. The predicted octanol–water partition coefficient (Wildman–Crippen LogP) is 1.08. The highest BCUT2D eigenvalue weighted by molar-refractivity contribution is 5.93.